The van der Waals surface area contributed by atoms with Gasteiger partial charge < -0.3 is 4.84 Å². The lowest BCUT2D eigenvalue weighted by molar-refractivity contribution is 0.0820. The zero-order chi connectivity index (χ0) is 19.1. The Bertz CT molecular complexity index is 612. The second-order valence-corrected chi connectivity index (χ2v) is 8.19. The number of oxime groups is 1. The van der Waals surface area contributed by atoms with Crippen LogP contribution in [0.4, 0.5) is 0 Å². The van der Waals surface area contributed by atoms with Crippen molar-refractivity contribution >= 4 is 23.4 Å². The van der Waals surface area contributed by atoms with Crippen molar-refractivity contribution in [3.05, 3.63) is 40.4 Å². The third kappa shape index (κ3) is 6.14. The average molecular weight is 377 g/mol. The summed E-state index contributed by atoms with van der Waals surface area (Å²) in [6.07, 6.45) is 5.65. The number of hydrogen-bond acceptors (Lipinski definition) is 3. The van der Waals surface area contributed by atoms with Crippen molar-refractivity contribution in [2.75, 3.05) is 13.2 Å². The summed E-state index contributed by atoms with van der Waals surface area (Å²) >= 11 is 5.99. The molecule has 1 atom stereocenters. The Morgan fingerprint density at radius 2 is 1.85 bits per heavy atom. The molecule has 1 saturated carbocycles. The molecule has 0 radical (unpaired) electrons. The summed E-state index contributed by atoms with van der Waals surface area (Å²) in [5.74, 6) is 0.439. The smallest absolute Gasteiger partial charge is 0.129 e. The number of nitrogens with zero attached hydrogens (tertiary/aromatic N) is 2. The van der Waals surface area contributed by atoms with E-state index in [1.165, 1.54) is 18.4 Å². The van der Waals surface area contributed by atoms with Crippen LogP contribution < -0.4 is 0 Å². The zero-order valence-corrected chi connectivity index (χ0v) is 17.6. The molecule has 144 valence electrons. The van der Waals surface area contributed by atoms with Crippen molar-refractivity contribution in [3.63, 3.8) is 0 Å². The van der Waals surface area contributed by atoms with Crippen LogP contribution in [-0.4, -0.2) is 35.8 Å². The summed E-state index contributed by atoms with van der Waals surface area (Å²) in [5, 5.41) is 5.31. The molecule has 26 heavy (non-hydrogen) atoms. The minimum atomic E-state index is 0.439. The highest BCUT2D eigenvalue weighted by Crippen LogP contribution is 2.28. The number of rotatable bonds is 7. The van der Waals surface area contributed by atoms with Gasteiger partial charge in [-0.2, -0.15) is 0 Å². The van der Waals surface area contributed by atoms with Gasteiger partial charge in [0.2, 0.25) is 0 Å². The van der Waals surface area contributed by atoms with Gasteiger partial charge in [-0.1, -0.05) is 35.8 Å². The lowest BCUT2D eigenvalue weighted by Gasteiger charge is -2.30. The SMILES string of the molecule is CC(C)N(CCO/N=C1/C(=C/c2ccc(Cl)cc2)CCC[C@H]1C)C(C)C. The van der Waals surface area contributed by atoms with Crippen molar-refractivity contribution in [1.82, 2.24) is 4.90 Å². The fraction of sp³-hybridized carbons (Fsp3) is 0.591. The zero-order valence-electron chi connectivity index (χ0n) is 16.8. The normalized spacial score (nSPS) is 21.3. The van der Waals surface area contributed by atoms with Gasteiger partial charge in [0.15, 0.2) is 0 Å². The Morgan fingerprint density at radius 3 is 2.46 bits per heavy atom. The molecule has 0 unspecified atom stereocenters. The van der Waals surface area contributed by atoms with E-state index in [0.717, 1.165) is 29.3 Å². The van der Waals surface area contributed by atoms with E-state index in [-0.39, 0.29) is 0 Å². The minimum Gasteiger partial charge on any atom is -0.394 e. The monoisotopic (exact) mass is 376 g/mol. The molecular formula is C22H33ClN2O. The van der Waals surface area contributed by atoms with E-state index in [9.17, 15) is 0 Å². The molecule has 0 heterocycles. The molecule has 1 aromatic carbocycles. The first-order valence-electron chi connectivity index (χ1n) is 9.80. The van der Waals surface area contributed by atoms with Crippen molar-refractivity contribution in [2.45, 2.75) is 66.0 Å². The largest absolute Gasteiger partial charge is 0.394 e. The summed E-state index contributed by atoms with van der Waals surface area (Å²) in [7, 11) is 0. The molecule has 1 aromatic rings. The molecule has 0 spiro atoms. The first kappa shape index (κ1) is 21.0. The highest BCUT2D eigenvalue weighted by molar-refractivity contribution is 6.30. The van der Waals surface area contributed by atoms with E-state index >= 15 is 0 Å². The molecule has 1 aliphatic rings. The van der Waals surface area contributed by atoms with Gasteiger partial charge in [0, 0.05) is 29.6 Å². The van der Waals surface area contributed by atoms with Crippen molar-refractivity contribution < 1.29 is 4.84 Å². The van der Waals surface area contributed by atoms with E-state index < -0.39 is 0 Å². The van der Waals surface area contributed by atoms with Crippen LogP contribution in [0, 0.1) is 5.92 Å². The minimum absolute atomic E-state index is 0.439. The van der Waals surface area contributed by atoms with Crippen LogP contribution >= 0.6 is 11.6 Å². The molecule has 0 saturated heterocycles. The third-order valence-corrected chi connectivity index (χ3v) is 5.27. The average Bonchev–Trinajstić information content (AvgIpc) is 2.58. The molecule has 2 rings (SSSR count). The summed E-state index contributed by atoms with van der Waals surface area (Å²) in [6.45, 7) is 12.7. The van der Waals surface area contributed by atoms with Crippen molar-refractivity contribution in [1.29, 1.82) is 0 Å². The highest BCUT2D eigenvalue weighted by Gasteiger charge is 2.22. The quantitative estimate of drug-likeness (QED) is 0.428. The summed E-state index contributed by atoms with van der Waals surface area (Å²) < 4.78 is 0. The van der Waals surface area contributed by atoms with E-state index in [4.69, 9.17) is 16.4 Å². The molecule has 3 nitrogen and oxygen atoms in total. The topological polar surface area (TPSA) is 24.8 Å². The summed E-state index contributed by atoms with van der Waals surface area (Å²) in [6, 6.07) is 8.99. The molecule has 0 aliphatic heterocycles. The van der Waals surface area contributed by atoms with Crippen LogP contribution in [0.1, 0.15) is 59.4 Å². The van der Waals surface area contributed by atoms with Crippen LogP contribution in [0.3, 0.4) is 0 Å². The lowest BCUT2D eigenvalue weighted by Crippen LogP contribution is -2.39. The summed E-state index contributed by atoms with van der Waals surface area (Å²) in [5.41, 5.74) is 3.56. The molecule has 1 aliphatic carbocycles. The van der Waals surface area contributed by atoms with Crippen molar-refractivity contribution in [2.24, 2.45) is 11.1 Å². The van der Waals surface area contributed by atoms with Crippen LogP contribution in [-0.2, 0) is 4.84 Å². The Kier molecular flexibility index (Phi) is 8.17. The lowest BCUT2D eigenvalue weighted by atomic mass is 9.84. The summed E-state index contributed by atoms with van der Waals surface area (Å²) in [4.78, 5) is 8.17. The fourth-order valence-electron chi connectivity index (χ4n) is 3.61. The number of halogens is 1. The Morgan fingerprint density at radius 1 is 1.19 bits per heavy atom. The van der Waals surface area contributed by atoms with Gasteiger partial charge in [-0.05, 0) is 76.3 Å². The van der Waals surface area contributed by atoms with Crippen LogP contribution in [0.15, 0.2) is 35.0 Å². The van der Waals surface area contributed by atoms with Crippen molar-refractivity contribution in [3.8, 4) is 0 Å². The Labute approximate surface area is 164 Å². The third-order valence-electron chi connectivity index (χ3n) is 5.02. The molecule has 0 N–H and O–H groups in total. The van der Waals surface area contributed by atoms with Gasteiger partial charge in [0.05, 0.1) is 5.71 Å². The van der Waals surface area contributed by atoms with Crippen LogP contribution in [0.25, 0.3) is 6.08 Å². The van der Waals surface area contributed by atoms with E-state index in [2.05, 4.69) is 62.9 Å². The van der Waals surface area contributed by atoms with E-state index in [0.29, 0.717) is 24.6 Å². The maximum absolute atomic E-state index is 5.99. The predicted octanol–water partition coefficient (Wildman–Crippen LogP) is 6.03. The number of hydrogen-bond donors (Lipinski definition) is 0. The Hall–Kier alpha value is -1.32. The first-order chi connectivity index (χ1) is 12.4. The predicted molar refractivity (Wildman–Crippen MR) is 113 cm³/mol. The number of benzene rings is 1. The van der Waals surface area contributed by atoms with Gasteiger partial charge in [0.25, 0.3) is 0 Å². The molecule has 4 heteroatoms. The second kappa shape index (κ2) is 10.1. The van der Waals surface area contributed by atoms with Gasteiger partial charge >= 0.3 is 0 Å². The molecule has 0 amide bonds. The van der Waals surface area contributed by atoms with Gasteiger partial charge in [0.1, 0.15) is 6.61 Å². The fourth-order valence-corrected chi connectivity index (χ4v) is 3.73. The molecular weight excluding hydrogens is 344 g/mol. The Balaban J connectivity index is 2.05. The number of allylic oxidation sites excluding steroid dienone is 1. The molecule has 0 bridgehead atoms. The van der Waals surface area contributed by atoms with Gasteiger partial charge in [-0.15, -0.1) is 0 Å². The van der Waals surface area contributed by atoms with Crippen LogP contribution in [0.5, 0.6) is 0 Å². The van der Waals surface area contributed by atoms with E-state index in [1.54, 1.807) is 0 Å². The second-order valence-electron chi connectivity index (χ2n) is 7.75. The van der Waals surface area contributed by atoms with Gasteiger partial charge in [-0.25, -0.2) is 0 Å². The first-order valence-corrected chi connectivity index (χ1v) is 10.2. The van der Waals surface area contributed by atoms with Gasteiger partial charge in [-0.3, -0.25) is 4.90 Å². The molecule has 1 fully saturated rings. The maximum atomic E-state index is 5.99. The maximum Gasteiger partial charge on any atom is 0.129 e. The highest BCUT2D eigenvalue weighted by atomic mass is 35.5. The molecule has 0 aromatic heterocycles. The van der Waals surface area contributed by atoms with E-state index in [1.807, 2.05) is 12.1 Å². The standard InChI is InChI=1S/C22H33ClN2O/c1-16(2)25(17(3)4)13-14-26-24-22-18(5)7-6-8-20(22)15-19-9-11-21(23)12-10-19/h9-12,15-18H,6-8,13-14H2,1-5H3/b20-15+,24-22+/t18-/m1/s1. The van der Waals surface area contributed by atoms with Crippen LogP contribution in [0.2, 0.25) is 5.02 Å².